The Balaban J connectivity index is 2.86. The van der Waals surface area contributed by atoms with Crippen LogP contribution >= 0.6 is 0 Å². The van der Waals surface area contributed by atoms with Gasteiger partial charge in [0.1, 0.15) is 5.75 Å². The molecule has 0 radical (unpaired) electrons. The van der Waals surface area contributed by atoms with E-state index in [1.54, 1.807) is 0 Å². The van der Waals surface area contributed by atoms with Gasteiger partial charge < -0.3 is 5.11 Å². The highest BCUT2D eigenvalue weighted by Gasteiger charge is 2.24. The number of aromatic hydroxyl groups is 1. The lowest BCUT2D eigenvalue weighted by Gasteiger charge is -2.27. The Morgan fingerprint density at radius 1 is 0.880 bits per heavy atom. The summed E-state index contributed by atoms with van der Waals surface area (Å²) in [6.07, 6.45) is 9.52. The Hall–Kier alpha value is -1.31. The first-order valence-corrected chi connectivity index (χ1v) is 9.95. The largest absolute Gasteiger partial charge is 0.507 e. The number of benzene rings is 1. The molecule has 0 unspecified atom stereocenters. The molecule has 1 aromatic carbocycles. The average Bonchev–Trinajstić information content (AvgIpc) is 2.49. The molecule has 2 heteroatoms. The average molecular weight is 346 g/mol. The smallest absolute Gasteiger partial charge is 0.128 e. The van der Waals surface area contributed by atoms with Crippen molar-refractivity contribution in [2.45, 2.75) is 97.8 Å². The summed E-state index contributed by atoms with van der Waals surface area (Å²) < 4.78 is 0. The van der Waals surface area contributed by atoms with Gasteiger partial charge in [-0.1, -0.05) is 86.6 Å². The monoisotopic (exact) mass is 345 g/mol. The predicted molar refractivity (Wildman–Crippen MR) is 111 cm³/mol. The topological polar surface area (TPSA) is 32.6 Å². The molecule has 0 saturated heterocycles. The third-order valence-electron chi connectivity index (χ3n) is 4.68. The van der Waals surface area contributed by atoms with E-state index < -0.39 is 0 Å². The SMILES string of the molecule is CCCCCCCC/N=C/c1cc(C(C)(C)C)cc(C(C)(C)C)c1O. The van der Waals surface area contributed by atoms with Crippen LogP contribution in [0.5, 0.6) is 5.75 Å². The summed E-state index contributed by atoms with van der Waals surface area (Å²) in [5.74, 6) is 0.382. The number of phenolic OH excluding ortho intramolecular Hbond substituents is 1. The standard InChI is InChI=1S/C23H39NO/c1-8-9-10-11-12-13-14-24-17-18-15-19(22(2,3)4)16-20(21(18)25)23(5,6)7/h15-17,25H,8-14H2,1-7H3/b24-17+. The van der Waals surface area contributed by atoms with Gasteiger partial charge in [-0.05, 0) is 28.9 Å². The van der Waals surface area contributed by atoms with Crippen LogP contribution in [0.2, 0.25) is 0 Å². The summed E-state index contributed by atoms with van der Waals surface area (Å²) in [6, 6.07) is 4.25. The Morgan fingerprint density at radius 2 is 1.48 bits per heavy atom. The number of hydrogen-bond donors (Lipinski definition) is 1. The second-order valence-corrected chi connectivity index (χ2v) is 9.26. The van der Waals surface area contributed by atoms with Gasteiger partial charge in [0.25, 0.3) is 0 Å². The molecule has 0 fully saturated rings. The zero-order valence-corrected chi connectivity index (χ0v) is 17.6. The molecule has 2 nitrogen and oxygen atoms in total. The number of hydrogen-bond acceptors (Lipinski definition) is 2. The number of unbranched alkanes of at least 4 members (excludes halogenated alkanes) is 5. The van der Waals surface area contributed by atoms with E-state index in [1.807, 2.05) is 6.21 Å². The number of phenols is 1. The van der Waals surface area contributed by atoms with E-state index in [1.165, 1.54) is 37.7 Å². The summed E-state index contributed by atoms with van der Waals surface area (Å²) in [5.41, 5.74) is 3.06. The Morgan fingerprint density at radius 3 is 2.04 bits per heavy atom. The Labute approximate surface area is 155 Å². The molecule has 1 N–H and O–H groups in total. The van der Waals surface area contributed by atoms with Crippen molar-refractivity contribution >= 4 is 6.21 Å². The number of rotatable bonds is 8. The summed E-state index contributed by atoms with van der Waals surface area (Å²) in [4.78, 5) is 4.58. The van der Waals surface area contributed by atoms with Gasteiger partial charge in [0.05, 0.1) is 0 Å². The summed E-state index contributed by atoms with van der Waals surface area (Å²) in [6.45, 7) is 16.2. The molecule has 25 heavy (non-hydrogen) atoms. The van der Waals surface area contributed by atoms with Gasteiger partial charge in [0.15, 0.2) is 0 Å². The molecule has 0 saturated carbocycles. The van der Waals surface area contributed by atoms with E-state index in [4.69, 9.17) is 0 Å². The van der Waals surface area contributed by atoms with Crippen molar-refractivity contribution in [1.82, 2.24) is 0 Å². The molecule has 1 aromatic rings. The minimum absolute atomic E-state index is 0.0512. The summed E-state index contributed by atoms with van der Waals surface area (Å²) in [5, 5.41) is 10.7. The van der Waals surface area contributed by atoms with Crippen molar-refractivity contribution in [3.05, 3.63) is 28.8 Å². The van der Waals surface area contributed by atoms with Gasteiger partial charge >= 0.3 is 0 Å². The zero-order chi connectivity index (χ0) is 19.1. The van der Waals surface area contributed by atoms with Crippen molar-refractivity contribution in [2.75, 3.05) is 6.54 Å². The molecular weight excluding hydrogens is 306 g/mol. The first-order valence-electron chi connectivity index (χ1n) is 9.95. The van der Waals surface area contributed by atoms with Crippen molar-refractivity contribution in [3.63, 3.8) is 0 Å². The second kappa shape index (κ2) is 9.40. The van der Waals surface area contributed by atoms with E-state index in [-0.39, 0.29) is 10.8 Å². The fourth-order valence-electron chi connectivity index (χ4n) is 2.91. The second-order valence-electron chi connectivity index (χ2n) is 9.26. The van der Waals surface area contributed by atoms with Crippen LogP contribution in [-0.2, 0) is 10.8 Å². The molecule has 0 aliphatic rings. The van der Waals surface area contributed by atoms with Gasteiger partial charge in [-0.15, -0.1) is 0 Å². The van der Waals surface area contributed by atoms with Crippen LogP contribution in [0.15, 0.2) is 17.1 Å². The van der Waals surface area contributed by atoms with Crippen LogP contribution in [0.3, 0.4) is 0 Å². The minimum atomic E-state index is -0.0901. The molecular formula is C23H39NO. The van der Waals surface area contributed by atoms with Crippen LogP contribution in [0.4, 0.5) is 0 Å². The van der Waals surface area contributed by atoms with Crippen LogP contribution < -0.4 is 0 Å². The molecule has 0 heterocycles. The molecule has 0 aliphatic carbocycles. The van der Waals surface area contributed by atoms with Crippen molar-refractivity contribution in [1.29, 1.82) is 0 Å². The van der Waals surface area contributed by atoms with E-state index in [0.29, 0.717) is 5.75 Å². The van der Waals surface area contributed by atoms with Gasteiger partial charge in [-0.3, -0.25) is 4.99 Å². The molecule has 0 spiro atoms. The predicted octanol–water partition coefficient (Wildman–Crippen LogP) is 6.77. The Bertz CT molecular complexity index is 559. The van der Waals surface area contributed by atoms with Gasteiger partial charge in [-0.25, -0.2) is 0 Å². The van der Waals surface area contributed by atoms with Crippen LogP contribution in [0.25, 0.3) is 0 Å². The third-order valence-corrected chi connectivity index (χ3v) is 4.68. The summed E-state index contributed by atoms with van der Waals surface area (Å²) >= 11 is 0. The fourth-order valence-corrected chi connectivity index (χ4v) is 2.91. The number of nitrogens with zero attached hydrogens (tertiary/aromatic N) is 1. The quantitative estimate of drug-likeness (QED) is 0.409. The summed E-state index contributed by atoms with van der Waals surface area (Å²) in [7, 11) is 0. The van der Waals surface area contributed by atoms with Crippen LogP contribution in [-0.4, -0.2) is 17.9 Å². The molecule has 0 aliphatic heterocycles. The number of aliphatic imine (C=N–C) groups is 1. The lowest BCUT2D eigenvalue weighted by atomic mass is 9.79. The molecule has 142 valence electrons. The Kier molecular flexibility index (Phi) is 8.18. The minimum Gasteiger partial charge on any atom is -0.507 e. The first kappa shape index (κ1) is 21.7. The van der Waals surface area contributed by atoms with Crippen molar-refractivity contribution in [3.8, 4) is 5.75 Å². The third kappa shape index (κ3) is 7.22. The molecule has 0 aromatic heterocycles. The molecule has 1 rings (SSSR count). The van der Waals surface area contributed by atoms with E-state index in [2.05, 4.69) is 65.6 Å². The molecule has 0 amide bonds. The fraction of sp³-hybridized carbons (Fsp3) is 0.696. The van der Waals surface area contributed by atoms with Crippen molar-refractivity contribution < 1.29 is 5.11 Å². The molecule has 0 atom stereocenters. The van der Waals surface area contributed by atoms with Crippen LogP contribution in [0.1, 0.15) is 104 Å². The highest BCUT2D eigenvalue weighted by molar-refractivity contribution is 5.85. The van der Waals surface area contributed by atoms with Gasteiger partial charge in [-0.2, -0.15) is 0 Å². The van der Waals surface area contributed by atoms with Crippen molar-refractivity contribution in [2.24, 2.45) is 4.99 Å². The zero-order valence-electron chi connectivity index (χ0n) is 17.6. The van der Waals surface area contributed by atoms with Gasteiger partial charge in [0, 0.05) is 23.9 Å². The first-order chi connectivity index (χ1) is 11.6. The maximum atomic E-state index is 10.7. The van der Waals surface area contributed by atoms with E-state index >= 15 is 0 Å². The van der Waals surface area contributed by atoms with E-state index in [9.17, 15) is 5.11 Å². The molecule has 0 bridgehead atoms. The van der Waals surface area contributed by atoms with E-state index in [0.717, 1.165) is 24.1 Å². The highest BCUT2D eigenvalue weighted by Crippen LogP contribution is 2.37. The highest BCUT2D eigenvalue weighted by atomic mass is 16.3. The van der Waals surface area contributed by atoms with Crippen LogP contribution in [0, 0.1) is 0 Å². The lowest BCUT2D eigenvalue weighted by Crippen LogP contribution is -2.17. The normalized spacial score (nSPS) is 12.9. The maximum absolute atomic E-state index is 10.7. The maximum Gasteiger partial charge on any atom is 0.128 e. The lowest BCUT2D eigenvalue weighted by molar-refractivity contribution is 0.444. The van der Waals surface area contributed by atoms with Gasteiger partial charge in [0.2, 0.25) is 0 Å².